The van der Waals surface area contributed by atoms with E-state index in [1.165, 1.54) is 18.3 Å². The van der Waals surface area contributed by atoms with Crippen molar-refractivity contribution in [1.29, 1.82) is 0 Å². The molecule has 25 heavy (non-hydrogen) atoms. The number of halogens is 3. The number of Topliss-reactive ketones (excluding diaryl/α,β-unsaturated/α-hetero) is 1. The number of hydrogen-bond acceptors (Lipinski definition) is 3. The Morgan fingerprint density at radius 2 is 2.12 bits per heavy atom. The van der Waals surface area contributed by atoms with Gasteiger partial charge in [-0.1, -0.05) is 35.3 Å². The van der Waals surface area contributed by atoms with Crippen molar-refractivity contribution in [3.05, 3.63) is 63.4 Å². The molecule has 7 heteroatoms. The second-order valence-electron chi connectivity index (χ2n) is 5.87. The van der Waals surface area contributed by atoms with E-state index in [0.717, 1.165) is 5.56 Å². The quantitative estimate of drug-likeness (QED) is 0.874. The molecule has 1 N–H and O–H groups in total. The summed E-state index contributed by atoms with van der Waals surface area (Å²) in [6, 6.07) is 8.05. The molecule has 4 nitrogen and oxygen atoms in total. The van der Waals surface area contributed by atoms with Gasteiger partial charge < -0.3 is 5.32 Å². The molecule has 1 atom stereocenters. The molecule has 1 aromatic heterocycles. The number of hydrogen-bond donors (Lipinski definition) is 1. The summed E-state index contributed by atoms with van der Waals surface area (Å²) in [7, 11) is 0. The zero-order valence-corrected chi connectivity index (χ0v) is 14.7. The molecule has 0 aliphatic heterocycles. The van der Waals surface area contributed by atoms with Crippen LogP contribution < -0.4 is 5.32 Å². The van der Waals surface area contributed by atoms with Gasteiger partial charge in [-0.2, -0.15) is 0 Å². The highest BCUT2D eigenvalue weighted by molar-refractivity contribution is 6.35. The van der Waals surface area contributed by atoms with Crippen molar-refractivity contribution in [2.75, 3.05) is 6.54 Å². The number of pyridine rings is 1. The fourth-order valence-electron chi connectivity index (χ4n) is 2.90. The molecule has 0 bridgehead atoms. The van der Waals surface area contributed by atoms with Crippen LogP contribution in [0.2, 0.25) is 10.0 Å². The lowest BCUT2D eigenvalue weighted by molar-refractivity contribution is -0.134. The largest absolute Gasteiger partial charge is 0.353 e. The van der Waals surface area contributed by atoms with E-state index >= 15 is 4.39 Å². The number of benzene rings is 1. The van der Waals surface area contributed by atoms with Gasteiger partial charge in [-0.15, -0.1) is 0 Å². The third-order valence-electron chi connectivity index (χ3n) is 4.25. The monoisotopic (exact) mass is 380 g/mol. The number of amides is 1. The molecule has 0 saturated carbocycles. The number of alkyl halides is 1. The predicted molar refractivity (Wildman–Crippen MR) is 93.8 cm³/mol. The normalized spacial score (nSPS) is 19.4. The number of nitrogens with one attached hydrogen (secondary N) is 1. The third-order valence-corrected chi connectivity index (χ3v) is 4.84. The van der Waals surface area contributed by atoms with Crippen LogP contribution in [-0.4, -0.2) is 23.2 Å². The van der Waals surface area contributed by atoms with Crippen LogP contribution in [0.5, 0.6) is 0 Å². The van der Waals surface area contributed by atoms with Gasteiger partial charge in [0.05, 0.1) is 0 Å². The van der Waals surface area contributed by atoms with Crippen molar-refractivity contribution in [3.8, 4) is 0 Å². The van der Waals surface area contributed by atoms with Crippen LogP contribution in [-0.2, 0) is 16.9 Å². The lowest BCUT2D eigenvalue weighted by Crippen LogP contribution is -2.45. The molecular formula is C18H15Cl2FN2O2. The minimum atomic E-state index is -2.25. The highest BCUT2D eigenvalue weighted by Crippen LogP contribution is 2.38. The Hall–Kier alpha value is -1.98. The Labute approximate surface area is 154 Å². The number of carbonyl (C=O) groups excluding carboxylic acids is 2. The van der Waals surface area contributed by atoms with Crippen LogP contribution in [0.3, 0.4) is 0 Å². The first kappa shape index (κ1) is 17.8. The number of nitrogens with zero attached hydrogens (tertiary/aromatic N) is 1. The first-order chi connectivity index (χ1) is 11.9. The summed E-state index contributed by atoms with van der Waals surface area (Å²) in [5.74, 6) is -1.01. The van der Waals surface area contributed by atoms with Gasteiger partial charge in [-0.25, -0.2) is 4.39 Å². The van der Waals surface area contributed by atoms with Crippen LogP contribution >= 0.6 is 23.2 Å². The van der Waals surface area contributed by atoms with Crippen molar-refractivity contribution < 1.29 is 14.0 Å². The Bertz CT molecular complexity index is 844. The van der Waals surface area contributed by atoms with Crippen molar-refractivity contribution >= 4 is 34.9 Å². The van der Waals surface area contributed by atoms with Crippen LogP contribution in [0.1, 0.15) is 34.5 Å². The van der Waals surface area contributed by atoms with E-state index in [1.54, 1.807) is 18.2 Å². The van der Waals surface area contributed by atoms with Gasteiger partial charge in [0.25, 0.3) is 5.91 Å². The van der Waals surface area contributed by atoms with Gasteiger partial charge >= 0.3 is 0 Å². The fourth-order valence-corrected chi connectivity index (χ4v) is 3.40. The molecule has 1 heterocycles. The van der Waals surface area contributed by atoms with E-state index in [4.69, 9.17) is 23.2 Å². The molecule has 0 spiro atoms. The maximum atomic E-state index is 15.3. The first-order valence-electron chi connectivity index (χ1n) is 7.81. The average molecular weight is 381 g/mol. The second kappa shape index (κ2) is 7.10. The van der Waals surface area contributed by atoms with Gasteiger partial charge in [-0.05, 0) is 30.2 Å². The average Bonchev–Trinajstić information content (AvgIpc) is 2.60. The van der Waals surface area contributed by atoms with Crippen molar-refractivity contribution in [1.82, 2.24) is 10.3 Å². The third kappa shape index (κ3) is 3.53. The van der Waals surface area contributed by atoms with E-state index in [0.29, 0.717) is 16.5 Å². The molecule has 1 aliphatic carbocycles. The molecule has 0 fully saturated rings. The highest BCUT2D eigenvalue weighted by atomic mass is 35.5. The summed E-state index contributed by atoms with van der Waals surface area (Å²) >= 11 is 11.9. The highest BCUT2D eigenvalue weighted by Gasteiger charge is 2.46. The molecule has 1 aromatic carbocycles. The molecule has 1 amide bonds. The number of carbonyl (C=O) groups is 2. The van der Waals surface area contributed by atoms with E-state index in [2.05, 4.69) is 10.3 Å². The van der Waals surface area contributed by atoms with Gasteiger partial charge in [-0.3, -0.25) is 14.6 Å². The standard InChI is InChI=1S/C18H15Cl2FN2O2/c19-12-4-3-11(14(20)10-12)6-9-23-17(25)18(21)7-5-15(24)16-13(18)2-1-8-22-16/h1-4,8,10H,5-7,9H2,(H,23,25). The van der Waals surface area contributed by atoms with Gasteiger partial charge in [0.1, 0.15) is 5.69 Å². The van der Waals surface area contributed by atoms with Gasteiger partial charge in [0, 0.05) is 41.2 Å². The molecule has 0 saturated heterocycles. The zero-order valence-electron chi connectivity index (χ0n) is 13.2. The number of aromatic nitrogens is 1. The van der Waals surface area contributed by atoms with Crippen molar-refractivity contribution in [2.45, 2.75) is 24.9 Å². The summed E-state index contributed by atoms with van der Waals surface area (Å²) < 4.78 is 15.3. The number of rotatable bonds is 4. The maximum Gasteiger partial charge on any atom is 0.262 e. The Morgan fingerprint density at radius 3 is 2.88 bits per heavy atom. The molecule has 3 rings (SSSR count). The van der Waals surface area contributed by atoms with E-state index in [-0.39, 0.29) is 36.4 Å². The molecule has 0 radical (unpaired) electrons. The summed E-state index contributed by atoms with van der Waals surface area (Å²) in [4.78, 5) is 28.2. The van der Waals surface area contributed by atoms with Crippen LogP contribution in [0.25, 0.3) is 0 Å². The molecule has 130 valence electrons. The Kier molecular flexibility index (Phi) is 5.06. The van der Waals surface area contributed by atoms with Gasteiger partial charge in [0.2, 0.25) is 5.67 Å². The van der Waals surface area contributed by atoms with Crippen LogP contribution in [0, 0.1) is 0 Å². The molecule has 1 unspecified atom stereocenters. The summed E-state index contributed by atoms with van der Waals surface area (Å²) in [5, 5.41) is 3.61. The molecule has 2 aromatic rings. The van der Waals surface area contributed by atoms with Crippen LogP contribution in [0.15, 0.2) is 36.5 Å². The lowest BCUT2D eigenvalue weighted by atomic mass is 9.81. The minimum Gasteiger partial charge on any atom is -0.353 e. The number of ketones is 1. The van der Waals surface area contributed by atoms with Crippen LogP contribution in [0.4, 0.5) is 4.39 Å². The maximum absolute atomic E-state index is 15.3. The van der Waals surface area contributed by atoms with Gasteiger partial charge in [0.15, 0.2) is 5.78 Å². The second-order valence-corrected chi connectivity index (χ2v) is 6.71. The Morgan fingerprint density at radius 1 is 1.32 bits per heavy atom. The zero-order chi connectivity index (χ0) is 18.0. The van der Waals surface area contributed by atoms with Crippen molar-refractivity contribution in [3.63, 3.8) is 0 Å². The van der Waals surface area contributed by atoms with E-state index < -0.39 is 11.6 Å². The number of fused-ring (bicyclic) bond motifs is 1. The topological polar surface area (TPSA) is 59.1 Å². The predicted octanol–water partition coefficient (Wildman–Crippen LogP) is 3.89. The van der Waals surface area contributed by atoms with Crippen molar-refractivity contribution in [2.24, 2.45) is 0 Å². The molecular weight excluding hydrogens is 366 g/mol. The summed E-state index contributed by atoms with van der Waals surface area (Å²) in [6.07, 6.45) is 1.63. The first-order valence-corrected chi connectivity index (χ1v) is 8.57. The summed E-state index contributed by atoms with van der Waals surface area (Å²) in [5.41, 5.74) is -1.37. The smallest absolute Gasteiger partial charge is 0.262 e. The molecule has 1 aliphatic rings. The fraction of sp³-hybridized carbons (Fsp3) is 0.278. The minimum absolute atomic E-state index is 0.0344. The van der Waals surface area contributed by atoms with E-state index in [9.17, 15) is 9.59 Å². The Balaban J connectivity index is 1.71. The SMILES string of the molecule is O=C1CCC(F)(C(=O)NCCc2ccc(Cl)cc2Cl)c2cccnc21. The summed E-state index contributed by atoms with van der Waals surface area (Å²) in [6.45, 7) is 0.218. The van der Waals surface area contributed by atoms with E-state index in [1.807, 2.05) is 0 Å². The lowest BCUT2D eigenvalue weighted by Gasteiger charge is -2.29.